The lowest BCUT2D eigenvalue weighted by Crippen LogP contribution is -2.28. The number of pyridine rings is 1. The average molecular weight is 134 g/mol. The minimum atomic E-state index is 1.06. The number of rotatable bonds is 0. The van der Waals surface area contributed by atoms with E-state index < -0.39 is 0 Å². The van der Waals surface area contributed by atoms with Gasteiger partial charge in [-0.05, 0) is 12.1 Å². The van der Waals surface area contributed by atoms with Crippen LogP contribution < -0.4 is 4.57 Å². The summed E-state index contributed by atoms with van der Waals surface area (Å²) in [5, 5.41) is 7.96. The zero-order valence-electron chi connectivity index (χ0n) is 5.70. The molecule has 0 aliphatic heterocycles. The molecular formula is C7H8N3+. The normalized spacial score (nSPS) is 10.5. The summed E-state index contributed by atoms with van der Waals surface area (Å²) in [5.74, 6) is 0. The number of H-pyrrole nitrogens is 1. The molecule has 0 aliphatic carbocycles. The summed E-state index contributed by atoms with van der Waals surface area (Å²) < 4.78 is 2.00. The van der Waals surface area contributed by atoms with Crippen molar-refractivity contribution in [3.63, 3.8) is 0 Å². The maximum absolute atomic E-state index is 3.92. The summed E-state index contributed by atoms with van der Waals surface area (Å²) in [7, 11) is 1.99. The Labute approximate surface area is 58.3 Å². The topological polar surface area (TPSA) is 32.6 Å². The molecular weight excluding hydrogens is 126 g/mol. The molecule has 0 unspecified atom stereocenters. The van der Waals surface area contributed by atoms with Gasteiger partial charge < -0.3 is 0 Å². The molecule has 1 N–H and O–H groups in total. The number of aromatic amines is 1. The van der Waals surface area contributed by atoms with Crippen molar-refractivity contribution in [3.05, 3.63) is 24.5 Å². The molecule has 0 fully saturated rings. The molecule has 0 amide bonds. The van der Waals surface area contributed by atoms with Crippen LogP contribution in [0.3, 0.4) is 0 Å². The van der Waals surface area contributed by atoms with Gasteiger partial charge in [-0.1, -0.05) is 5.10 Å². The van der Waals surface area contributed by atoms with Gasteiger partial charge in [0, 0.05) is 0 Å². The first-order valence-corrected chi connectivity index (χ1v) is 3.15. The lowest BCUT2D eigenvalue weighted by molar-refractivity contribution is -0.646. The molecule has 0 radical (unpaired) electrons. The highest BCUT2D eigenvalue weighted by Gasteiger charge is 2.02. The molecule has 2 heterocycles. The van der Waals surface area contributed by atoms with Crippen LogP contribution in [0.5, 0.6) is 0 Å². The van der Waals surface area contributed by atoms with E-state index in [0.717, 1.165) is 11.0 Å². The third-order valence-electron chi connectivity index (χ3n) is 1.59. The lowest BCUT2D eigenvalue weighted by atomic mass is 10.3. The van der Waals surface area contributed by atoms with Gasteiger partial charge in [0.2, 0.25) is 0 Å². The predicted octanol–water partition coefficient (Wildman–Crippen LogP) is 0.387. The predicted molar refractivity (Wildman–Crippen MR) is 37.3 cm³/mol. The fourth-order valence-electron chi connectivity index (χ4n) is 1.04. The Kier molecular flexibility index (Phi) is 0.974. The highest BCUT2D eigenvalue weighted by Crippen LogP contribution is 2.01. The van der Waals surface area contributed by atoms with Crippen LogP contribution in [0.1, 0.15) is 0 Å². The largest absolute Gasteiger partial charge is 0.308 e. The second kappa shape index (κ2) is 1.80. The second-order valence-corrected chi connectivity index (χ2v) is 2.29. The van der Waals surface area contributed by atoms with Crippen molar-refractivity contribution in [1.29, 1.82) is 0 Å². The molecule has 0 aromatic carbocycles. The molecule has 0 saturated carbocycles. The minimum Gasteiger partial charge on any atom is -0.235 e. The van der Waals surface area contributed by atoms with Crippen LogP contribution in [0.25, 0.3) is 11.0 Å². The molecule has 2 aromatic heterocycles. The van der Waals surface area contributed by atoms with E-state index in [2.05, 4.69) is 10.2 Å². The first-order chi connectivity index (χ1) is 4.88. The fourth-order valence-corrected chi connectivity index (χ4v) is 1.04. The smallest absolute Gasteiger partial charge is 0.235 e. The minimum absolute atomic E-state index is 1.06. The van der Waals surface area contributed by atoms with Crippen LogP contribution in [0, 0.1) is 0 Å². The third kappa shape index (κ3) is 0.603. The zero-order valence-corrected chi connectivity index (χ0v) is 5.70. The Hall–Kier alpha value is -1.38. The van der Waals surface area contributed by atoms with E-state index in [1.807, 2.05) is 36.1 Å². The monoisotopic (exact) mass is 134 g/mol. The van der Waals surface area contributed by atoms with Crippen molar-refractivity contribution < 1.29 is 4.57 Å². The van der Waals surface area contributed by atoms with E-state index in [1.54, 1.807) is 0 Å². The van der Waals surface area contributed by atoms with Crippen molar-refractivity contribution in [3.8, 4) is 0 Å². The van der Waals surface area contributed by atoms with Crippen molar-refractivity contribution in [1.82, 2.24) is 10.2 Å². The van der Waals surface area contributed by atoms with Gasteiger partial charge in [0.05, 0.1) is 24.8 Å². The number of hydrogen-bond acceptors (Lipinski definition) is 1. The van der Waals surface area contributed by atoms with Crippen molar-refractivity contribution in [2.75, 3.05) is 0 Å². The van der Waals surface area contributed by atoms with Gasteiger partial charge in [-0.2, -0.15) is 0 Å². The molecule has 2 rings (SSSR count). The van der Waals surface area contributed by atoms with Crippen LogP contribution in [-0.4, -0.2) is 10.2 Å². The first kappa shape index (κ1) is 5.41. The molecule has 0 aliphatic rings. The SMILES string of the molecule is C[n+]1cccc2cn[nH]c21. The van der Waals surface area contributed by atoms with Crippen LogP contribution >= 0.6 is 0 Å². The standard InChI is InChI=1S/C7H7N3/c1-10-4-2-3-6-5-8-9-7(6)10/h2-5H,1H3/p+1. The highest BCUT2D eigenvalue weighted by atomic mass is 15.2. The van der Waals surface area contributed by atoms with Crippen molar-refractivity contribution >= 4 is 11.0 Å². The third-order valence-corrected chi connectivity index (χ3v) is 1.59. The van der Waals surface area contributed by atoms with E-state index in [4.69, 9.17) is 0 Å². The van der Waals surface area contributed by atoms with Gasteiger partial charge in [0.15, 0.2) is 0 Å². The summed E-state index contributed by atoms with van der Waals surface area (Å²) in [5.41, 5.74) is 1.06. The molecule has 0 bridgehead atoms. The maximum atomic E-state index is 3.92. The van der Waals surface area contributed by atoms with E-state index in [1.165, 1.54) is 0 Å². The van der Waals surface area contributed by atoms with Gasteiger partial charge in [-0.3, -0.25) is 0 Å². The average Bonchev–Trinajstić information content (AvgIpc) is 2.36. The van der Waals surface area contributed by atoms with Crippen LogP contribution in [0.2, 0.25) is 0 Å². The summed E-state index contributed by atoms with van der Waals surface area (Å²) in [6, 6.07) is 4.02. The number of hydrogen-bond donors (Lipinski definition) is 1. The van der Waals surface area contributed by atoms with Gasteiger partial charge in [0.25, 0.3) is 0 Å². The summed E-state index contributed by atoms with van der Waals surface area (Å²) in [6.07, 6.45) is 3.80. The van der Waals surface area contributed by atoms with Crippen LogP contribution in [0.15, 0.2) is 24.5 Å². The van der Waals surface area contributed by atoms with Crippen molar-refractivity contribution in [2.24, 2.45) is 7.05 Å². The maximum Gasteiger partial charge on any atom is 0.308 e. The Balaban J connectivity index is 2.95. The first-order valence-electron chi connectivity index (χ1n) is 3.15. The number of nitrogens with one attached hydrogen (secondary N) is 1. The van der Waals surface area contributed by atoms with E-state index in [0.29, 0.717) is 0 Å². The Morgan fingerprint density at radius 3 is 3.30 bits per heavy atom. The second-order valence-electron chi connectivity index (χ2n) is 2.29. The summed E-state index contributed by atoms with van der Waals surface area (Å²) in [4.78, 5) is 0. The van der Waals surface area contributed by atoms with E-state index >= 15 is 0 Å². The van der Waals surface area contributed by atoms with Crippen LogP contribution in [-0.2, 0) is 7.05 Å². The summed E-state index contributed by atoms with van der Waals surface area (Å²) in [6.45, 7) is 0. The molecule has 50 valence electrons. The number of fused-ring (bicyclic) bond motifs is 1. The Morgan fingerprint density at radius 1 is 1.60 bits per heavy atom. The molecule has 3 nitrogen and oxygen atoms in total. The van der Waals surface area contributed by atoms with Gasteiger partial charge >= 0.3 is 5.65 Å². The lowest BCUT2D eigenvalue weighted by Gasteiger charge is -1.87. The molecule has 0 atom stereocenters. The van der Waals surface area contributed by atoms with Gasteiger partial charge in [0.1, 0.15) is 0 Å². The highest BCUT2D eigenvalue weighted by molar-refractivity contribution is 5.69. The molecule has 10 heavy (non-hydrogen) atoms. The molecule has 3 heteroatoms. The van der Waals surface area contributed by atoms with Gasteiger partial charge in [-0.25, -0.2) is 4.57 Å². The molecule has 0 saturated heterocycles. The quantitative estimate of drug-likeness (QED) is 0.519. The molecule has 0 spiro atoms. The Morgan fingerprint density at radius 2 is 2.50 bits per heavy atom. The van der Waals surface area contributed by atoms with Crippen molar-refractivity contribution in [2.45, 2.75) is 0 Å². The molecule has 2 aromatic rings. The van der Waals surface area contributed by atoms with Gasteiger partial charge in [-0.15, -0.1) is 5.10 Å². The van der Waals surface area contributed by atoms with Crippen LogP contribution in [0.4, 0.5) is 0 Å². The Bertz CT molecular complexity index is 350. The number of aromatic nitrogens is 3. The fraction of sp³-hybridized carbons (Fsp3) is 0.143. The summed E-state index contributed by atoms with van der Waals surface area (Å²) >= 11 is 0. The zero-order chi connectivity index (χ0) is 6.97. The number of aryl methyl sites for hydroxylation is 1. The van der Waals surface area contributed by atoms with E-state index in [9.17, 15) is 0 Å². The number of nitrogens with zero attached hydrogens (tertiary/aromatic N) is 2. The van der Waals surface area contributed by atoms with E-state index in [-0.39, 0.29) is 0 Å².